The van der Waals surface area contributed by atoms with Gasteiger partial charge in [-0.1, -0.05) is 41.5 Å². The van der Waals surface area contributed by atoms with Crippen LogP contribution in [0.15, 0.2) is 29.1 Å². The summed E-state index contributed by atoms with van der Waals surface area (Å²) in [6.45, 7) is 0.341. The van der Waals surface area contributed by atoms with Crippen molar-refractivity contribution in [1.29, 1.82) is 0 Å². The van der Waals surface area contributed by atoms with Crippen molar-refractivity contribution >= 4 is 33.3 Å². The third-order valence-corrected chi connectivity index (χ3v) is 5.80. The summed E-state index contributed by atoms with van der Waals surface area (Å²) in [6.07, 6.45) is 5.56. The van der Waals surface area contributed by atoms with Gasteiger partial charge in [0, 0.05) is 18.9 Å². The zero-order valence-corrected chi connectivity index (χ0v) is 15.6. The molecule has 0 unspecified atom stereocenters. The Bertz CT molecular complexity index is 1010. The summed E-state index contributed by atoms with van der Waals surface area (Å²) in [5.41, 5.74) is 0.386. The van der Waals surface area contributed by atoms with Gasteiger partial charge < -0.3 is 5.32 Å². The summed E-state index contributed by atoms with van der Waals surface area (Å²) in [6, 6.07) is 7.10. The number of aromatic nitrogens is 5. The molecule has 27 heavy (non-hydrogen) atoms. The largest absolute Gasteiger partial charge is 0.301 e. The first-order chi connectivity index (χ1) is 13.2. The molecule has 0 spiro atoms. The summed E-state index contributed by atoms with van der Waals surface area (Å²) in [7, 11) is 0. The molecule has 140 valence electrons. The summed E-state index contributed by atoms with van der Waals surface area (Å²) in [4.78, 5) is 24.5. The number of fused-ring (bicyclic) bond motifs is 1. The van der Waals surface area contributed by atoms with Crippen LogP contribution in [0.1, 0.15) is 49.5 Å². The van der Waals surface area contributed by atoms with Gasteiger partial charge in [-0.2, -0.15) is 0 Å². The van der Waals surface area contributed by atoms with Crippen LogP contribution in [0, 0.1) is 0 Å². The van der Waals surface area contributed by atoms with Crippen LogP contribution in [-0.4, -0.2) is 31.1 Å². The van der Waals surface area contributed by atoms with Gasteiger partial charge in [0.05, 0.1) is 5.39 Å². The van der Waals surface area contributed by atoms with Crippen LogP contribution >= 0.6 is 11.3 Å². The van der Waals surface area contributed by atoms with E-state index in [1.807, 2.05) is 6.07 Å². The van der Waals surface area contributed by atoms with E-state index in [-0.39, 0.29) is 17.9 Å². The number of benzene rings is 1. The Labute approximate surface area is 159 Å². The Morgan fingerprint density at radius 3 is 2.85 bits per heavy atom. The lowest BCUT2D eigenvalue weighted by Crippen LogP contribution is -2.25. The molecule has 2 aromatic heterocycles. The maximum atomic E-state index is 12.4. The number of hydrogen-bond donors (Lipinski definition) is 1. The minimum atomic E-state index is -0.189. The van der Waals surface area contributed by atoms with Crippen LogP contribution in [0.2, 0.25) is 0 Å². The van der Waals surface area contributed by atoms with E-state index in [1.54, 1.807) is 18.2 Å². The molecule has 0 saturated heterocycles. The number of rotatable bonds is 6. The molecule has 4 rings (SSSR count). The van der Waals surface area contributed by atoms with Gasteiger partial charge in [0.1, 0.15) is 10.5 Å². The Morgan fingerprint density at radius 1 is 1.19 bits per heavy atom. The van der Waals surface area contributed by atoms with Crippen LogP contribution in [0.3, 0.4) is 0 Å². The Morgan fingerprint density at radius 2 is 2.00 bits per heavy atom. The lowest BCUT2D eigenvalue weighted by Gasteiger charge is -2.05. The summed E-state index contributed by atoms with van der Waals surface area (Å²) in [5.74, 6) is 0.359. The van der Waals surface area contributed by atoms with Gasteiger partial charge in [-0.3, -0.25) is 9.59 Å². The van der Waals surface area contributed by atoms with Gasteiger partial charge in [-0.05, 0) is 31.4 Å². The third-order valence-electron chi connectivity index (χ3n) is 4.79. The highest BCUT2D eigenvalue weighted by molar-refractivity contribution is 7.15. The fourth-order valence-electron chi connectivity index (χ4n) is 3.36. The van der Waals surface area contributed by atoms with Crippen LogP contribution in [0.4, 0.5) is 5.13 Å². The van der Waals surface area contributed by atoms with Crippen molar-refractivity contribution in [2.45, 2.75) is 51.0 Å². The van der Waals surface area contributed by atoms with E-state index in [1.165, 1.54) is 28.9 Å². The zero-order valence-electron chi connectivity index (χ0n) is 14.8. The molecule has 1 amide bonds. The van der Waals surface area contributed by atoms with Crippen molar-refractivity contribution in [3.05, 3.63) is 39.6 Å². The molecule has 0 radical (unpaired) electrons. The smallest absolute Gasteiger partial charge is 0.277 e. The molecule has 3 aromatic rings. The fourth-order valence-corrected chi connectivity index (χ4v) is 4.29. The average molecular weight is 384 g/mol. The number of carbonyl (C=O) groups excluding carboxylic acids is 1. The maximum absolute atomic E-state index is 12.4. The van der Waals surface area contributed by atoms with Gasteiger partial charge in [0.2, 0.25) is 11.0 Å². The van der Waals surface area contributed by atoms with Gasteiger partial charge in [0.25, 0.3) is 5.56 Å². The highest BCUT2D eigenvalue weighted by Crippen LogP contribution is 2.36. The molecular weight excluding hydrogens is 364 g/mol. The highest BCUT2D eigenvalue weighted by atomic mass is 32.1. The number of amides is 1. The summed E-state index contributed by atoms with van der Waals surface area (Å²) < 4.78 is 1.30. The molecule has 1 aliphatic rings. The second kappa shape index (κ2) is 7.91. The number of carbonyl (C=O) groups is 1. The minimum Gasteiger partial charge on any atom is -0.301 e. The number of hydrogen-bond acceptors (Lipinski definition) is 7. The Hall–Kier alpha value is -2.68. The number of nitrogens with zero attached hydrogens (tertiary/aromatic N) is 5. The molecule has 2 heterocycles. The maximum Gasteiger partial charge on any atom is 0.277 e. The van der Waals surface area contributed by atoms with Gasteiger partial charge in [-0.25, -0.2) is 4.68 Å². The van der Waals surface area contributed by atoms with E-state index in [2.05, 4.69) is 25.8 Å². The normalized spacial score (nSPS) is 14.7. The Kier molecular flexibility index (Phi) is 5.19. The summed E-state index contributed by atoms with van der Waals surface area (Å²) in [5, 5.41) is 21.2. The Balaban J connectivity index is 1.31. The average Bonchev–Trinajstić information content (AvgIpc) is 3.35. The third kappa shape index (κ3) is 4.02. The molecule has 1 saturated carbocycles. The fraction of sp³-hybridized carbons (Fsp3) is 0.444. The molecule has 8 nitrogen and oxygen atoms in total. The highest BCUT2D eigenvalue weighted by Gasteiger charge is 2.21. The topological polar surface area (TPSA) is 103 Å². The lowest BCUT2D eigenvalue weighted by atomic mass is 10.1. The van der Waals surface area contributed by atoms with E-state index in [4.69, 9.17) is 0 Å². The minimum absolute atomic E-state index is 0.133. The van der Waals surface area contributed by atoms with E-state index < -0.39 is 0 Å². The van der Waals surface area contributed by atoms with E-state index >= 15 is 0 Å². The van der Waals surface area contributed by atoms with Crippen molar-refractivity contribution in [2.24, 2.45) is 0 Å². The number of aryl methyl sites for hydroxylation is 1. The van der Waals surface area contributed by atoms with Crippen LogP contribution in [0.5, 0.6) is 0 Å². The lowest BCUT2D eigenvalue weighted by molar-refractivity contribution is -0.116. The van der Waals surface area contributed by atoms with Gasteiger partial charge in [-0.15, -0.1) is 15.3 Å². The number of anilines is 1. The van der Waals surface area contributed by atoms with Crippen molar-refractivity contribution in [2.75, 3.05) is 5.32 Å². The molecule has 0 bridgehead atoms. The predicted molar refractivity (Wildman–Crippen MR) is 103 cm³/mol. The summed E-state index contributed by atoms with van der Waals surface area (Å²) >= 11 is 1.46. The van der Waals surface area contributed by atoms with E-state index in [9.17, 15) is 9.59 Å². The molecule has 1 aromatic carbocycles. The zero-order chi connectivity index (χ0) is 18.6. The van der Waals surface area contributed by atoms with Crippen molar-refractivity contribution < 1.29 is 4.79 Å². The predicted octanol–water partition coefficient (Wildman–Crippen LogP) is 2.72. The van der Waals surface area contributed by atoms with Gasteiger partial charge in [0.15, 0.2) is 0 Å². The van der Waals surface area contributed by atoms with Crippen LogP contribution < -0.4 is 10.9 Å². The number of nitrogens with one attached hydrogen (secondary N) is 1. The van der Waals surface area contributed by atoms with Gasteiger partial charge >= 0.3 is 0 Å². The van der Waals surface area contributed by atoms with Crippen LogP contribution in [-0.2, 0) is 11.3 Å². The second-order valence-electron chi connectivity index (χ2n) is 6.71. The van der Waals surface area contributed by atoms with E-state index in [0.717, 1.165) is 17.8 Å². The monoisotopic (exact) mass is 384 g/mol. The molecule has 0 aliphatic heterocycles. The van der Waals surface area contributed by atoms with Crippen LogP contribution in [0.25, 0.3) is 10.9 Å². The van der Waals surface area contributed by atoms with Crippen molar-refractivity contribution in [1.82, 2.24) is 25.2 Å². The molecule has 9 heteroatoms. The van der Waals surface area contributed by atoms with E-state index in [0.29, 0.717) is 34.9 Å². The first kappa shape index (κ1) is 17.7. The molecule has 1 aliphatic carbocycles. The molecule has 0 atom stereocenters. The molecule has 1 fully saturated rings. The molecular formula is C18H20N6O2S. The quantitative estimate of drug-likeness (QED) is 0.701. The van der Waals surface area contributed by atoms with Crippen molar-refractivity contribution in [3.63, 3.8) is 0 Å². The molecule has 1 N–H and O–H groups in total. The SMILES string of the molecule is O=C(CCCn1nnc2ccccc2c1=O)Nc1nnc(C2CCCC2)s1. The first-order valence-electron chi connectivity index (χ1n) is 9.16. The standard InChI is InChI=1S/C18H20N6O2S/c25-15(19-18-22-21-16(27-18)12-6-1-2-7-12)10-5-11-24-17(26)13-8-3-4-9-14(13)20-23-24/h3-4,8-9,12H,1-2,5-7,10-11H2,(H,19,22,25). The van der Waals surface area contributed by atoms with Crippen molar-refractivity contribution in [3.8, 4) is 0 Å². The second-order valence-corrected chi connectivity index (χ2v) is 7.72. The first-order valence-corrected chi connectivity index (χ1v) is 9.98.